The fourth-order valence-electron chi connectivity index (χ4n) is 4.99. The summed E-state index contributed by atoms with van der Waals surface area (Å²) in [6.07, 6.45) is 1.69. The van der Waals surface area contributed by atoms with Gasteiger partial charge >= 0.3 is 0 Å². The number of nitrogens with zero attached hydrogens (tertiary/aromatic N) is 3. The molecule has 2 aromatic carbocycles. The Morgan fingerprint density at radius 3 is 2.43 bits per heavy atom. The van der Waals surface area contributed by atoms with Crippen LogP contribution in [0.15, 0.2) is 54.6 Å². The summed E-state index contributed by atoms with van der Waals surface area (Å²) in [5, 5.41) is 0. The van der Waals surface area contributed by atoms with E-state index in [-0.39, 0.29) is 12.0 Å². The molecule has 1 amide bonds. The van der Waals surface area contributed by atoms with E-state index in [9.17, 15) is 4.79 Å². The molecule has 5 rings (SSSR count). The van der Waals surface area contributed by atoms with E-state index in [2.05, 4.69) is 41.0 Å². The van der Waals surface area contributed by atoms with E-state index in [1.54, 1.807) is 0 Å². The van der Waals surface area contributed by atoms with Gasteiger partial charge < -0.3 is 19.3 Å². The molecule has 6 nitrogen and oxygen atoms in total. The molecule has 3 aliphatic heterocycles. The van der Waals surface area contributed by atoms with Crippen LogP contribution >= 0.6 is 0 Å². The van der Waals surface area contributed by atoms with Crippen LogP contribution in [0.5, 0.6) is 11.5 Å². The number of para-hydroxylation sites is 3. The normalized spacial score (nSPS) is 23.2. The Kier molecular flexibility index (Phi) is 5.03. The van der Waals surface area contributed by atoms with E-state index in [4.69, 9.17) is 9.47 Å². The standard InChI is InChI=1S/C24H29N3O3/c1-2-26-18-27(19-8-4-3-5-9-19)24(23(26)28)12-14-25(15-13-24)16-20-17-29-21-10-6-7-11-22(21)30-20/h3-11,20H,2,12-18H2,1H3/t20-/m0/s1. The van der Waals surface area contributed by atoms with Crippen LogP contribution in [0.4, 0.5) is 5.69 Å². The molecule has 1 atom stereocenters. The summed E-state index contributed by atoms with van der Waals surface area (Å²) in [4.78, 5) is 20.1. The quantitative estimate of drug-likeness (QED) is 0.780. The molecule has 0 aromatic heterocycles. The van der Waals surface area contributed by atoms with Crippen LogP contribution in [-0.4, -0.2) is 66.8 Å². The lowest BCUT2D eigenvalue weighted by molar-refractivity contribution is -0.133. The fraction of sp³-hybridized carbons (Fsp3) is 0.458. The third-order valence-corrected chi connectivity index (χ3v) is 6.68. The molecule has 0 radical (unpaired) electrons. The second-order valence-corrected chi connectivity index (χ2v) is 8.40. The minimum absolute atomic E-state index is 0.0191. The number of piperidine rings is 1. The minimum atomic E-state index is -0.426. The van der Waals surface area contributed by atoms with Crippen molar-refractivity contribution >= 4 is 11.6 Å². The van der Waals surface area contributed by atoms with Crippen LogP contribution in [0, 0.1) is 0 Å². The van der Waals surface area contributed by atoms with Crippen LogP contribution in [-0.2, 0) is 4.79 Å². The predicted octanol–water partition coefficient (Wildman–Crippen LogP) is 2.99. The molecular weight excluding hydrogens is 378 g/mol. The van der Waals surface area contributed by atoms with Gasteiger partial charge in [-0.05, 0) is 44.0 Å². The topological polar surface area (TPSA) is 45.2 Å². The third-order valence-electron chi connectivity index (χ3n) is 6.68. The van der Waals surface area contributed by atoms with E-state index >= 15 is 0 Å². The number of hydrogen-bond donors (Lipinski definition) is 0. The summed E-state index contributed by atoms with van der Waals surface area (Å²) in [7, 11) is 0. The Balaban J connectivity index is 1.27. The lowest BCUT2D eigenvalue weighted by Crippen LogP contribution is -2.57. The first kappa shape index (κ1) is 19.2. The summed E-state index contributed by atoms with van der Waals surface area (Å²) < 4.78 is 12.0. The highest BCUT2D eigenvalue weighted by atomic mass is 16.6. The third kappa shape index (κ3) is 3.29. The molecule has 1 spiro atoms. The predicted molar refractivity (Wildman–Crippen MR) is 116 cm³/mol. The molecule has 158 valence electrons. The van der Waals surface area contributed by atoms with Crippen LogP contribution in [0.2, 0.25) is 0 Å². The van der Waals surface area contributed by atoms with Gasteiger partial charge in [0.05, 0.1) is 6.67 Å². The molecule has 3 heterocycles. The smallest absolute Gasteiger partial charge is 0.250 e. The highest BCUT2D eigenvalue weighted by molar-refractivity contribution is 5.93. The maximum Gasteiger partial charge on any atom is 0.250 e. The number of carbonyl (C=O) groups excluding carboxylic acids is 1. The maximum absolute atomic E-state index is 13.4. The molecule has 0 bridgehead atoms. The van der Waals surface area contributed by atoms with Gasteiger partial charge in [0.1, 0.15) is 18.2 Å². The molecule has 0 unspecified atom stereocenters. The summed E-state index contributed by atoms with van der Waals surface area (Å²) >= 11 is 0. The van der Waals surface area contributed by atoms with Crippen LogP contribution in [0.25, 0.3) is 0 Å². The molecule has 6 heteroatoms. The minimum Gasteiger partial charge on any atom is -0.486 e. The molecule has 3 aliphatic rings. The lowest BCUT2D eigenvalue weighted by Gasteiger charge is -2.44. The molecular formula is C24H29N3O3. The van der Waals surface area contributed by atoms with Crippen molar-refractivity contribution in [1.82, 2.24) is 9.80 Å². The van der Waals surface area contributed by atoms with Gasteiger partial charge in [-0.15, -0.1) is 0 Å². The Bertz CT molecular complexity index is 896. The van der Waals surface area contributed by atoms with Crippen LogP contribution < -0.4 is 14.4 Å². The average molecular weight is 408 g/mol. The van der Waals surface area contributed by atoms with Gasteiger partial charge in [0.15, 0.2) is 11.5 Å². The van der Waals surface area contributed by atoms with Crippen molar-refractivity contribution in [2.75, 3.05) is 44.4 Å². The zero-order valence-electron chi connectivity index (χ0n) is 17.5. The molecule has 0 N–H and O–H groups in total. The molecule has 0 aliphatic carbocycles. The molecule has 30 heavy (non-hydrogen) atoms. The van der Waals surface area contributed by atoms with Gasteiger partial charge in [0.2, 0.25) is 5.91 Å². The van der Waals surface area contributed by atoms with E-state index in [1.165, 1.54) is 0 Å². The number of amides is 1. The number of fused-ring (bicyclic) bond motifs is 1. The number of hydrogen-bond acceptors (Lipinski definition) is 5. The zero-order chi connectivity index (χ0) is 20.6. The second kappa shape index (κ2) is 7.84. The van der Waals surface area contributed by atoms with Crippen LogP contribution in [0.1, 0.15) is 19.8 Å². The van der Waals surface area contributed by atoms with E-state index in [0.29, 0.717) is 13.3 Å². The van der Waals surface area contributed by atoms with Crippen molar-refractivity contribution in [3.63, 3.8) is 0 Å². The number of likely N-dealkylation sites (tertiary alicyclic amines) is 1. The summed E-state index contributed by atoms with van der Waals surface area (Å²) in [5.41, 5.74) is 0.709. The molecule has 2 aromatic rings. The van der Waals surface area contributed by atoms with Gasteiger partial charge in [-0.25, -0.2) is 0 Å². The maximum atomic E-state index is 13.4. The van der Waals surface area contributed by atoms with Crippen molar-refractivity contribution in [2.24, 2.45) is 0 Å². The van der Waals surface area contributed by atoms with Gasteiger partial charge in [0, 0.05) is 31.9 Å². The Morgan fingerprint density at radius 2 is 1.70 bits per heavy atom. The van der Waals surface area contributed by atoms with Crippen molar-refractivity contribution in [3.8, 4) is 11.5 Å². The van der Waals surface area contributed by atoms with Crippen molar-refractivity contribution in [1.29, 1.82) is 0 Å². The summed E-state index contributed by atoms with van der Waals surface area (Å²) in [6.45, 7) is 6.64. The summed E-state index contributed by atoms with van der Waals surface area (Å²) in [5.74, 6) is 1.92. The fourth-order valence-corrected chi connectivity index (χ4v) is 4.99. The monoisotopic (exact) mass is 407 g/mol. The number of anilines is 1. The van der Waals surface area contributed by atoms with E-state index in [0.717, 1.165) is 56.2 Å². The molecule has 2 fully saturated rings. The van der Waals surface area contributed by atoms with Gasteiger partial charge in [-0.3, -0.25) is 9.69 Å². The highest BCUT2D eigenvalue weighted by Crippen LogP contribution is 2.39. The Labute approximate surface area is 178 Å². The first-order valence-corrected chi connectivity index (χ1v) is 10.9. The van der Waals surface area contributed by atoms with Gasteiger partial charge in [0.25, 0.3) is 0 Å². The van der Waals surface area contributed by atoms with Gasteiger partial charge in [-0.2, -0.15) is 0 Å². The molecule has 0 saturated carbocycles. The van der Waals surface area contributed by atoms with Crippen molar-refractivity contribution < 1.29 is 14.3 Å². The van der Waals surface area contributed by atoms with E-state index < -0.39 is 5.54 Å². The first-order chi connectivity index (χ1) is 14.7. The van der Waals surface area contributed by atoms with Crippen molar-refractivity contribution in [2.45, 2.75) is 31.4 Å². The average Bonchev–Trinajstić information content (AvgIpc) is 3.07. The van der Waals surface area contributed by atoms with Crippen LogP contribution in [0.3, 0.4) is 0 Å². The number of carbonyl (C=O) groups is 1. The summed E-state index contributed by atoms with van der Waals surface area (Å²) in [6, 6.07) is 18.2. The largest absolute Gasteiger partial charge is 0.486 e. The number of likely N-dealkylation sites (N-methyl/N-ethyl adjacent to an activating group) is 1. The van der Waals surface area contributed by atoms with Crippen molar-refractivity contribution in [3.05, 3.63) is 54.6 Å². The number of benzene rings is 2. The second-order valence-electron chi connectivity index (χ2n) is 8.40. The highest BCUT2D eigenvalue weighted by Gasteiger charge is 2.53. The first-order valence-electron chi connectivity index (χ1n) is 10.9. The Hall–Kier alpha value is -2.73. The molecule has 2 saturated heterocycles. The van der Waals surface area contributed by atoms with Gasteiger partial charge in [-0.1, -0.05) is 30.3 Å². The SMILES string of the molecule is CCN1CN(c2ccccc2)C2(CCN(C[C@H]3COc4ccccc4O3)CC2)C1=O. The Morgan fingerprint density at radius 1 is 1.00 bits per heavy atom. The number of rotatable bonds is 4. The van der Waals surface area contributed by atoms with E-state index in [1.807, 2.05) is 35.2 Å². The lowest BCUT2D eigenvalue weighted by atomic mass is 9.85. The zero-order valence-corrected chi connectivity index (χ0v) is 17.5. The number of ether oxygens (including phenoxy) is 2.